The second-order valence-electron chi connectivity index (χ2n) is 8.97. The quantitative estimate of drug-likeness (QED) is 0.261. The van der Waals surface area contributed by atoms with Crippen molar-refractivity contribution in [2.75, 3.05) is 11.9 Å². The van der Waals surface area contributed by atoms with E-state index in [-0.39, 0.29) is 30.3 Å². The van der Waals surface area contributed by atoms with Crippen molar-refractivity contribution in [3.63, 3.8) is 0 Å². The van der Waals surface area contributed by atoms with Gasteiger partial charge < -0.3 is 25.4 Å². The SMILES string of the molecule is CC(NCC(O)Cn1c(NCc2ccccc2)nc2c1c(=O)n(C)c(=O)n2C)C(O)c1ccccc1. The Bertz CT molecular complexity index is 1430. The second-order valence-corrected chi connectivity index (χ2v) is 8.97. The number of anilines is 1. The van der Waals surface area contributed by atoms with E-state index in [1.54, 1.807) is 11.6 Å². The molecule has 0 fully saturated rings. The molecule has 4 N–H and O–H groups in total. The van der Waals surface area contributed by atoms with E-state index in [2.05, 4.69) is 15.6 Å². The minimum Gasteiger partial charge on any atom is -0.390 e. The number of nitrogens with zero attached hydrogens (tertiary/aromatic N) is 4. The molecule has 0 spiro atoms. The Morgan fingerprint density at radius 1 is 0.944 bits per heavy atom. The van der Waals surface area contributed by atoms with Gasteiger partial charge in [0.15, 0.2) is 11.2 Å². The maximum Gasteiger partial charge on any atom is 0.332 e. The van der Waals surface area contributed by atoms with Crippen LogP contribution < -0.4 is 21.9 Å². The monoisotopic (exact) mass is 492 g/mol. The summed E-state index contributed by atoms with van der Waals surface area (Å²) >= 11 is 0. The van der Waals surface area contributed by atoms with E-state index in [1.165, 1.54) is 11.6 Å². The van der Waals surface area contributed by atoms with Crippen LogP contribution in [-0.2, 0) is 27.2 Å². The van der Waals surface area contributed by atoms with Gasteiger partial charge >= 0.3 is 5.69 Å². The molecule has 3 unspecified atom stereocenters. The predicted octanol–water partition coefficient (Wildman–Crippen LogP) is 1.12. The second kappa shape index (κ2) is 10.9. The van der Waals surface area contributed by atoms with Crippen molar-refractivity contribution in [1.82, 2.24) is 24.0 Å². The smallest absolute Gasteiger partial charge is 0.332 e. The summed E-state index contributed by atoms with van der Waals surface area (Å²) in [7, 11) is 2.98. The molecule has 0 amide bonds. The van der Waals surface area contributed by atoms with E-state index < -0.39 is 23.5 Å². The summed E-state index contributed by atoms with van der Waals surface area (Å²) in [5.74, 6) is 0.378. The summed E-state index contributed by atoms with van der Waals surface area (Å²) in [5, 5.41) is 27.9. The van der Waals surface area contributed by atoms with Gasteiger partial charge in [-0.05, 0) is 18.1 Å². The first-order chi connectivity index (χ1) is 17.3. The molecule has 3 atom stereocenters. The highest BCUT2D eigenvalue weighted by molar-refractivity contribution is 5.74. The van der Waals surface area contributed by atoms with Crippen LogP contribution in [0.3, 0.4) is 0 Å². The number of rotatable bonds is 10. The van der Waals surface area contributed by atoms with Crippen LogP contribution in [-0.4, -0.2) is 47.6 Å². The molecule has 4 aromatic rings. The lowest BCUT2D eigenvalue weighted by Crippen LogP contribution is -2.40. The fourth-order valence-electron chi connectivity index (χ4n) is 4.18. The average Bonchev–Trinajstić information content (AvgIpc) is 3.26. The standard InChI is InChI=1S/C26H32N6O4/c1-17(22(34)19-12-8-5-9-13-19)27-15-20(33)16-32-21-23(30(2)26(36)31(3)24(21)35)29-25(32)28-14-18-10-6-4-7-11-18/h4-13,17,20,22,27,33-34H,14-16H2,1-3H3,(H,28,29). The number of nitrogens with one attached hydrogen (secondary N) is 2. The number of hydrogen-bond donors (Lipinski definition) is 4. The molecule has 0 radical (unpaired) electrons. The summed E-state index contributed by atoms with van der Waals surface area (Å²) in [6.45, 7) is 2.53. The molecule has 0 bridgehead atoms. The van der Waals surface area contributed by atoms with Crippen LogP contribution in [0.5, 0.6) is 0 Å². The Hall–Kier alpha value is -3.73. The third kappa shape index (κ3) is 5.25. The molecule has 2 aromatic carbocycles. The summed E-state index contributed by atoms with van der Waals surface area (Å²) < 4.78 is 3.97. The van der Waals surface area contributed by atoms with Gasteiger partial charge in [-0.3, -0.25) is 13.9 Å². The molecule has 190 valence electrons. The van der Waals surface area contributed by atoms with E-state index in [0.717, 1.165) is 15.7 Å². The highest BCUT2D eigenvalue weighted by Crippen LogP contribution is 2.18. The number of imidazole rings is 1. The Labute approximate surface area is 208 Å². The molecule has 4 rings (SSSR count). The molecule has 0 aliphatic carbocycles. The normalized spacial score (nSPS) is 14.0. The number of fused-ring (bicyclic) bond motifs is 1. The first-order valence-electron chi connectivity index (χ1n) is 11.9. The molecular formula is C26H32N6O4. The van der Waals surface area contributed by atoms with Gasteiger partial charge in [0.2, 0.25) is 5.95 Å². The van der Waals surface area contributed by atoms with Crippen molar-refractivity contribution < 1.29 is 10.2 Å². The fourth-order valence-corrected chi connectivity index (χ4v) is 4.18. The van der Waals surface area contributed by atoms with E-state index in [9.17, 15) is 19.8 Å². The van der Waals surface area contributed by atoms with Crippen molar-refractivity contribution in [3.05, 3.63) is 92.6 Å². The van der Waals surface area contributed by atoms with Crippen molar-refractivity contribution in [1.29, 1.82) is 0 Å². The van der Waals surface area contributed by atoms with Gasteiger partial charge in [0.25, 0.3) is 5.56 Å². The van der Waals surface area contributed by atoms with Crippen molar-refractivity contribution in [2.45, 2.75) is 38.3 Å². The highest BCUT2D eigenvalue weighted by Gasteiger charge is 2.22. The van der Waals surface area contributed by atoms with Gasteiger partial charge in [-0.2, -0.15) is 4.98 Å². The lowest BCUT2D eigenvalue weighted by Gasteiger charge is -2.23. The molecule has 2 aromatic heterocycles. The van der Waals surface area contributed by atoms with E-state index >= 15 is 0 Å². The van der Waals surface area contributed by atoms with Gasteiger partial charge in [-0.25, -0.2) is 4.79 Å². The third-order valence-corrected chi connectivity index (χ3v) is 6.32. The molecule has 0 saturated heterocycles. The van der Waals surface area contributed by atoms with Crippen LogP contribution in [0.15, 0.2) is 70.3 Å². The Morgan fingerprint density at radius 2 is 1.58 bits per heavy atom. The van der Waals surface area contributed by atoms with Gasteiger partial charge in [0.05, 0.1) is 18.8 Å². The van der Waals surface area contributed by atoms with Crippen LogP contribution in [0.1, 0.15) is 24.2 Å². The molecule has 10 heteroatoms. The average molecular weight is 493 g/mol. The molecular weight excluding hydrogens is 460 g/mol. The lowest BCUT2D eigenvalue weighted by atomic mass is 10.0. The van der Waals surface area contributed by atoms with Gasteiger partial charge in [0.1, 0.15) is 0 Å². The number of hydrogen-bond acceptors (Lipinski definition) is 7. The summed E-state index contributed by atoms with van der Waals surface area (Å²) in [6.07, 6.45) is -1.63. The Kier molecular flexibility index (Phi) is 7.68. The first kappa shape index (κ1) is 25.4. The molecule has 2 heterocycles. The van der Waals surface area contributed by atoms with Crippen LogP contribution in [0, 0.1) is 0 Å². The Balaban J connectivity index is 1.57. The topological polar surface area (TPSA) is 126 Å². The van der Waals surface area contributed by atoms with E-state index in [4.69, 9.17) is 0 Å². The zero-order valence-electron chi connectivity index (χ0n) is 20.6. The zero-order valence-corrected chi connectivity index (χ0v) is 20.6. The number of aliphatic hydroxyl groups excluding tert-OH is 2. The lowest BCUT2D eigenvalue weighted by molar-refractivity contribution is 0.110. The minimum atomic E-state index is -0.896. The number of benzene rings is 2. The molecule has 0 saturated carbocycles. The highest BCUT2D eigenvalue weighted by atomic mass is 16.3. The van der Waals surface area contributed by atoms with Gasteiger partial charge in [-0.1, -0.05) is 60.7 Å². The third-order valence-electron chi connectivity index (χ3n) is 6.32. The van der Waals surface area contributed by atoms with Crippen molar-refractivity contribution >= 4 is 17.1 Å². The predicted molar refractivity (Wildman–Crippen MR) is 139 cm³/mol. The van der Waals surface area contributed by atoms with Crippen LogP contribution >= 0.6 is 0 Å². The van der Waals surface area contributed by atoms with Gasteiger partial charge in [-0.15, -0.1) is 0 Å². The Morgan fingerprint density at radius 3 is 2.25 bits per heavy atom. The van der Waals surface area contributed by atoms with E-state index in [1.807, 2.05) is 67.6 Å². The molecule has 10 nitrogen and oxygen atoms in total. The molecule has 0 aliphatic heterocycles. The van der Waals surface area contributed by atoms with Crippen LogP contribution in [0.2, 0.25) is 0 Å². The molecule has 36 heavy (non-hydrogen) atoms. The van der Waals surface area contributed by atoms with Crippen molar-refractivity contribution in [2.24, 2.45) is 14.1 Å². The minimum absolute atomic E-state index is 0.0578. The first-order valence-corrected chi connectivity index (χ1v) is 11.9. The van der Waals surface area contributed by atoms with Crippen LogP contribution in [0.25, 0.3) is 11.2 Å². The fraction of sp³-hybridized carbons (Fsp3) is 0.346. The maximum atomic E-state index is 13.0. The number of aromatic nitrogens is 4. The number of aliphatic hydroxyl groups is 2. The summed E-state index contributed by atoms with van der Waals surface area (Å²) in [6, 6.07) is 18.7. The number of aryl methyl sites for hydroxylation is 1. The van der Waals surface area contributed by atoms with Crippen LogP contribution in [0.4, 0.5) is 5.95 Å². The maximum absolute atomic E-state index is 13.0. The zero-order chi connectivity index (χ0) is 25.8. The molecule has 0 aliphatic rings. The summed E-state index contributed by atoms with van der Waals surface area (Å²) in [5.41, 5.74) is 1.31. The van der Waals surface area contributed by atoms with E-state index in [0.29, 0.717) is 12.5 Å². The summed E-state index contributed by atoms with van der Waals surface area (Å²) in [4.78, 5) is 30.0. The van der Waals surface area contributed by atoms with Crippen molar-refractivity contribution in [3.8, 4) is 0 Å². The largest absolute Gasteiger partial charge is 0.390 e. The van der Waals surface area contributed by atoms with Gasteiger partial charge in [0, 0.05) is 33.2 Å².